The zero-order chi connectivity index (χ0) is 14.2. The second-order valence-electron chi connectivity index (χ2n) is 4.20. The Morgan fingerprint density at radius 1 is 1.42 bits per heavy atom. The molecule has 0 heterocycles. The zero-order valence-corrected chi connectivity index (χ0v) is 11.1. The van der Waals surface area contributed by atoms with Crippen LogP contribution in [0.2, 0.25) is 0 Å². The van der Waals surface area contributed by atoms with Gasteiger partial charge in [-0.1, -0.05) is 0 Å². The maximum atomic E-state index is 11.8. The van der Waals surface area contributed by atoms with Crippen molar-refractivity contribution in [3.05, 3.63) is 32.8 Å². The maximum Gasteiger partial charge on any atom is 0.307 e. The zero-order valence-electron chi connectivity index (χ0n) is 9.50. The van der Waals surface area contributed by atoms with E-state index in [1.165, 1.54) is 18.2 Å². The molecule has 1 aromatic carbocycles. The largest absolute Gasteiger partial charge is 0.481 e. The van der Waals surface area contributed by atoms with Crippen LogP contribution in [0.5, 0.6) is 0 Å². The Labute approximate surface area is 115 Å². The SMILES string of the molecule is O=C(O)C1CC1C(=O)Nc1cc([N+](=O)[O-])ccc1Br. The van der Waals surface area contributed by atoms with E-state index in [0.717, 1.165) is 0 Å². The van der Waals surface area contributed by atoms with E-state index in [9.17, 15) is 19.7 Å². The van der Waals surface area contributed by atoms with Crippen molar-refractivity contribution >= 4 is 39.2 Å². The van der Waals surface area contributed by atoms with E-state index in [4.69, 9.17) is 5.11 Å². The topological polar surface area (TPSA) is 110 Å². The first-order valence-corrected chi connectivity index (χ1v) is 6.17. The number of non-ortho nitro benzene ring substituents is 1. The molecule has 0 spiro atoms. The predicted octanol–water partition coefficient (Wildman–Crippen LogP) is 2.02. The Morgan fingerprint density at radius 2 is 2.11 bits per heavy atom. The van der Waals surface area contributed by atoms with Gasteiger partial charge in [-0.2, -0.15) is 0 Å². The van der Waals surface area contributed by atoms with Gasteiger partial charge >= 0.3 is 5.97 Å². The molecule has 19 heavy (non-hydrogen) atoms. The monoisotopic (exact) mass is 328 g/mol. The molecule has 1 aliphatic carbocycles. The van der Waals surface area contributed by atoms with Gasteiger partial charge in [-0.25, -0.2) is 0 Å². The van der Waals surface area contributed by atoms with Crippen LogP contribution < -0.4 is 5.32 Å². The van der Waals surface area contributed by atoms with Crippen molar-refractivity contribution in [3.63, 3.8) is 0 Å². The van der Waals surface area contributed by atoms with E-state index < -0.39 is 28.6 Å². The molecule has 2 atom stereocenters. The fourth-order valence-corrected chi connectivity index (χ4v) is 2.05. The van der Waals surface area contributed by atoms with Gasteiger partial charge in [0.05, 0.1) is 22.4 Å². The molecular weight excluding hydrogens is 320 g/mol. The molecule has 1 fully saturated rings. The van der Waals surface area contributed by atoms with Crippen LogP contribution in [0, 0.1) is 22.0 Å². The van der Waals surface area contributed by atoms with Crippen LogP contribution in [0.25, 0.3) is 0 Å². The fraction of sp³-hybridized carbons (Fsp3) is 0.273. The van der Waals surface area contributed by atoms with Gasteiger partial charge in [-0.05, 0) is 28.4 Å². The molecule has 1 aliphatic rings. The summed E-state index contributed by atoms with van der Waals surface area (Å²) in [5, 5.41) is 21.9. The molecule has 0 aliphatic heterocycles. The van der Waals surface area contributed by atoms with Gasteiger partial charge in [0.1, 0.15) is 0 Å². The van der Waals surface area contributed by atoms with Crippen LogP contribution in [-0.4, -0.2) is 21.9 Å². The minimum atomic E-state index is -1.00. The molecule has 2 unspecified atom stereocenters. The average molecular weight is 329 g/mol. The molecule has 100 valence electrons. The number of carboxylic acid groups (broad SMARTS) is 1. The molecule has 0 bridgehead atoms. The lowest BCUT2D eigenvalue weighted by atomic mass is 10.2. The molecule has 0 aromatic heterocycles. The summed E-state index contributed by atoms with van der Waals surface area (Å²) >= 11 is 3.17. The number of nitro groups is 1. The number of halogens is 1. The van der Waals surface area contributed by atoms with E-state index in [1.54, 1.807) is 0 Å². The Morgan fingerprint density at radius 3 is 2.63 bits per heavy atom. The van der Waals surface area contributed by atoms with Crippen LogP contribution in [0.4, 0.5) is 11.4 Å². The van der Waals surface area contributed by atoms with E-state index in [0.29, 0.717) is 10.9 Å². The molecule has 8 heteroatoms. The van der Waals surface area contributed by atoms with Crippen LogP contribution in [0.1, 0.15) is 6.42 Å². The lowest BCUT2D eigenvalue weighted by molar-refractivity contribution is -0.384. The van der Waals surface area contributed by atoms with Crippen molar-refractivity contribution in [1.29, 1.82) is 0 Å². The Hall–Kier alpha value is -1.96. The van der Waals surface area contributed by atoms with E-state index >= 15 is 0 Å². The number of amides is 1. The maximum absolute atomic E-state index is 11.8. The third kappa shape index (κ3) is 2.90. The number of nitro benzene ring substituents is 1. The number of carbonyl (C=O) groups is 2. The van der Waals surface area contributed by atoms with Crippen LogP contribution in [-0.2, 0) is 9.59 Å². The second kappa shape index (κ2) is 4.96. The Bertz CT molecular complexity index is 574. The number of rotatable bonds is 4. The highest BCUT2D eigenvalue weighted by Gasteiger charge is 2.48. The third-order valence-electron chi connectivity index (χ3n) is 2.86. The molecule has 1 amide bonds. The van der Waals surface area contributed by atoms with Crippen molar-refractivity contribution in [3.8, 4) is 0 Å². The summed E-state index contributed by atoms with van der Waals surface area (Å²) in [6, 6.07) is 3.98. The molecule has 7 nitrogen and oxygen atoms in total. The molecule has 1 aromatic rings. The van der Waals surface area contributed by atoms with Crippen molar-refractivity contribution < 1.29 is 19.6 Å². The van der Waals surface area contributed by atoms with E-state index in [-0.39, 0.29) is 11.4 Å². The molecule has 0 saturated heterocycles. The molecule has 1 saturated carbocycles. The standard InChI is InChI=1S/C11H9BrN2O5/c12-8-2-1-5(14(18)19)3-9(8)13-10(15)6-4-7(6)11(16)17/h1-3,6-7H,4H2,(H,13,15)(H,16,17). The van der Waals surface area contributed by atoms with Crippen LogP contribution >= 0.6 is 15.9 Å². The molecule has 2 N–H and O–H groups in total. The minimum Gasteiger partial charge on any atom is -0.481 e. The van der Waals surface area contributed by atoms with Gasteiger partial charge in [0.2, 0.25) is 5.91 Å². The van der Waals surface area contributed by atoms with Gasteiger partial charge in [-0.15, -0.1) is 0 Å². The third-order valence-corrected chi connectivity index (χ3v) is 3.55. The van der Waals surface area contributed by atoms with Crippen LogP contribution in [0.15, 0.2) is 22.7 Å². The number of benzene rings is 1. The number of aliphatic carboxylic acids is 1. The average Bonchev–Trinajstić information content (AvgIpc) is 3.11. The number of carbonyl (C=O) groups excluding carboxylic acids is 1. The number of carboxylic acids is 1. The number of nitrogens with one attached hydrogen (secondary N) is 1. The number of nitrogens with zero attached hydrogens (tertiary/aromatic N) is 1. The normalized spacial score (nSPS) is 20.7. The smallest absolute Gasteiger partial charge is 0.307 e. The summed E-state index contributed by atoms with van der Waals surface area (Å²) in [6.45, 7) is 0. The summed E-state index contributed by atoms with van der Waals surface area (Å²) in [5.41, 5.74) is 0.110. The first kappa shape index (κ1) is 13.5. The first-order valence-electron chi connectivity index (χ1n) is 5.37. The van der Waals surface area contributed by atoms with E-state index in [1.807, 2.05) is 0 Å². The summed E-state index contributed by atoms with van der Waals surface area (Å²) < 4.78 is 0.499. The summed E-state index contributed by atoms with van der Waals surface area (Å²) in [5.74, 6) is -2.66. The van der Waals surface area contributed by atoms with Gasteiger partial charge in [0, 0.05) is 16.6 Å². The summed E-state index contributed by atoms with van der Waals surface area (Å²) in [7, 11) is 0. The van der Waals surface area contributed by atoms with Crippen molar-refractivity contribution in [2.24, 2.45) is 11.8 Å². The van der Waals surface area contributed by atoms with E-state index in [2.05, 4.69) is 21.2 Å². The van der Waals surface area contributed by atoms with Gasteiger partial charge in [-0.3, -0.25) is 19.7 Å². The molecule has 0 radical (unpaired) electrons. The molecular formula is C11H9BrN2O5. The first-order chi connectivity index (χ1) is 8.90. The van der Waals surface area contributed by atoms with Crippen molar-refractivity contribution in [2.75, 3.05) is 5.32 Å². The number of anilines is 1. The lowest BCUT2D eigenvalue weighted by Gasteiger charge is -2.06. The highest BCUT2D eigenvalue weighted by molar-refractivity contribution is 9.10. The lowest BCUT2D eigenvalue weighted by Crippen LogP contribution is -2.17. The van der Waals surface area contributed by atoms with Crippen molar-refractivity contribution in [2.45, 2.75) is 6.42 Å². The van der Waals surface area contributed by atoms with Gasteiger partial charge < -0.3 is 10.4 Å². The number of hydrogen-bond donors (Lipinski definition) is 2. The Balaban J connectivity index is 2.11. The summed E-state index contributed by atoms with van der Waals surface area (Å²) in [4.78, 5) is 32.5. The van der Waals surface area contributed by atoms with Crippen molar-refractivity contribution in [1.82, 2.24) is 0 Å². The van der Waals surface area contributed by atoms with Crippen LogP contribution in [0.3, 0.4) is 0 Å². The quantitative estimate of drug-likeness (QED) is 0.649. The van der Waals surface area contributed by atoms with Gasteiger partial charge in [0.25, 0.3) is 5.69 Å². The highest BCUT2D eigenvalue weighted by Crippen LogP contribution is 2.40. The minimum absolute atomic E-state index is 0.149. The molecule has 2 rings (SSSR count). The number of hydrogen-bond acceptors (Lipinski definition) is 4. The van der Waals surface area contributed by atoms with Gasteiger partial charge in [0.15, 0.2) is 0 Å². The predicted molar refractivity (Wildman–Crippen MR) is 68.7 cm³/mol. The fourth-order valence-electron chi connectivity index (χ4n) is 1.71. The summed E-state index contributed by atoms with van der Waals surface area (Å²) in [6.07, 6.45) is 0.299. The Kier molecular flexibility index (Phi) is 3.52. The highest BCUT2D eigenvalue weighted by atomic mass is 79.9. The second-order valence-corrected chi connectivity index (χ2v) is 5.05.